The van der Waals surface area contributed by atoms with Crippen molar-refractivity contribution in [2.24, 2.45) is 0 Å². The molecule has 0 aliphatic carbocycles. The Morgan fingerprint density at radius 1 is 1.33 bits per heavy atom. The van der Waals surface area contributed by atoms with Gasteiger partial charge in [-0.2, -0.15) is 0 Å². The van der Waals surface area contributed by atoms with Crippen LogP contribution in [0.15, 0.2) is 30.9 Å². The second kappa shape index (κ2) is 3.49. The Morgan fingerprint density at radius 2 is 2.00 bits per heavy atom. The van der Waals surface area contributed by atoms with Crippen molar-refractivity contribution in [3.63, 3.8) is 0 Å². The lowest BCUT2D eigenvalue weighted by Gasteiger charge is -2.05. The maximum absolute atomic E-state index is 12.8. The summed E-state index contributed by atoms with van der Waals surface area (Å²) in [5, 5.41) is 16.0. The lowest BCUT2D eigenvalue weighted by atomic mass is 10.1. The van der Waals surface area contributed by atoms with E-state index in [0.717, 1.165) is 6.07 Å². The first-order valence-corrected chi connectivity index (χ1v) is 4.06. The topological polar surface area (TPSA) is 68.0 Å². The van der Waals surface area contributed by atoms with Gasteiger partial charge in [0.05, 0.1) is 11.3 Å². The van der Waals surface area contributed by atoms with Crippen molar-refractivity contribution in [1.29, 1.82) is 0 Å². The van der Waals surface area contributed by atoms with Crippen molar-refractivity contribution in [1.82, 2.24) is 14.8 Å². The molecule has 0 saturated carbocycles. The maximum atomic E-state index is 12.8. The number of rotatable bonds is 2. The molecule has 0 spiro atoms. The molecule has 0 unspecified atom stereocenters. The number of halogens is 1. The predicted molar refractivity (Wildman–Crippen MR) is 48.3 cm³/mol. The molecular weight excluding hydrogens is 201 g/mol. The molecule has 2 rings (SSSR count). The maximum Gasteiger partial charge on any atom is 0.337 e. The van der Waals surface area contributed by atoms with Crippen LogP contribution in [-0.4, -0.2) is 25.8 Å². The summed E-state index contributed by atoms with van der Waals surface area (Å²) < 4.78 is 14.3. The summed E-state index contributed by atoms with van der Waals surface area (Å²) in [5.41, 5.74) is 0.198. The molecule has 0 radical (unpaired) electrons. The van der Waals surface area contributed by atoms with Crippen molar-refractivity contribution in [3.05, 3.63) is 42.2 Å². The van der Waals surface area contributed by atoms with E-state index < -0.39 is 11.8 Å². The van der Waals surface area contributed by atoms with Crippen LogP contribution in [0.1, 0.15) is 10.4 Å². The van der Waals surface area contributed by atoms with Gasteiger partial charge < -0.3 is 5.11 Å². The minimum absolute atomic E-state index is 0.130. The average Bonchev–Trinajstić information content (AvgIpc) is 2.70. The summed E-state index contributed by atoms with van der Waals surface area (Å²) in [6.07, 6.45) is 2.69. The second-order valence-corrected chi connectivity index (χ2v) is 2.84. The van der Waals surface area contributed by atoms with Gasteiger partial charge in [0.1, 0.15) is 18.5 Å². The van der Waals surface area contributed by atoms with Crippen LogP contribution in [0.5, 0.6) is 0 Å². The number of benzene rings is 1. The molecule has 1 N–H and O–H groups in total. The largest absolute Gasteiger partial charge is 0.478 e. The van der Waals surface area contributed by atoms with E-state index in [9.17, 15) is 9.18 Å². The molecule has 0 bridgehead atoms. The van der Waals surface area contributed by atoms with E-state index in [1.54, 1.807) is 0 Å². The van der Waals surface area contributed by atoms with Crippen LogP contribution < -0.4 is 0 Å². The first-order valence-electron chi connectivity index (χ1n) is 4.06. The Balaban J connectivity index is 2.61. The zero-order valence-electron chi connectivity index (χ0n) is 7.46. The van der Waals surface area contributed by atoms with Crippen molar-refractivity contribution < 1.29 is 14.3 Å². The smallest absolute Gasteiger partial charge is 0.337 e. The predicted octanol–water partition coefficient (Wildman–Crippen LogP) is 1.10. The summed E-state index contributed by atoms with van der Waals surface area (Å²) in [5.74, 6) is -1.79. The molecule has 76 valence electrons. The molecule has 6 heteroatoms. The van der Waals surface area contributed by atoms with Gasteiger partial charge in [0.15, 0.2) is 0 Å². The number of hydrogen-bond acceptors (Lipinski definition) is 3. The third kappa shape index (κ3) is 1.69. The van der Waals surface area contributed by atoms with E-state index in [4.69, 9.17) is 5.11 Å². The number of nitrogens with zero attached hydrogens (tertiary/aromatic N) is 3. The molecule has 15 heavy (non-hydrogen) atoms. The fraction of sp³-hybridized carbons (Fsp3) is 0. The van der Waals surface area contributed by atoms with Crippen LogP contribution >= 0.6 is 0 Å². The molecule has 2 aromatic rings. The third-order valence-corrected chi connectivity index (χ3v) is 1.89. The number of aromatic nitrogens is 3. The van der Waals surface area contributed by atoms with Gasteiger partial charge in [-0.3, -0.25) is 4.57 Å². The minimum atomic E-state index is -1.20. The number of aromatic carboxylic acids is 1. The van der Waals surface area contributed by atoms with Crippen LogP contribution in [0.25, 0.3) is 5.69 Å². The van der Waals surface area contributed by atoms with Gasteiger partial charge in [0.25, 0.3) is 0 Å². The second-order valence-electron chi connectivity index (χ2n) is 2.84. The zero-order chi connectivity index (χ0) is 10.8. The van der Waals surface area contributed by atoms with E-state index >= 15 is 0 Å². The van der Waals surface area contributed by atoms with Crippen LogP contribution in [0.4, 0.5) is 4.39 Å². The lowest BCUT2D eigenvalue weighted by molar-refractivity contribution is 0.0696. The Morgan fingerprint density at radius 3 is 2.60 bits per heavy atom. The summed E-state index contributed by atoms with van der Waals surface area (Å²) in [7, 11) is 0. The van der Waals surface area contributed by atoms with Gasteiger partial charge in [0.2, 0.25) is 0 Å². The number of carbonyl (C=O) groups is 1. The Hall–Kier alpha value is -2.24. The molecule has 0 amide bonds. The van der Waals surface area contributed by atoms with Crippen LogP contribution in [-0.2, 0) is 0 Å². The number of hydrogen-bond donors (Lipinski definition) is 1. The van der Waals surface area contributed by atoms with Gasteiger partial charge in [-0.1, -0.05) is 0 Å². The van der Waals surface area contributed by atoms with Crippen LogP contribution in [0.3, 0.4) is 0 Å². The van der Waals surface area contributed by atoms with E-state index in [2.05, 4.69) is 10.2 Å². The highest BCUT2D eigenvalue weighted by atomic mass is 19.1. The highest BCUT2D eigenvalue weighted by Gasteiger charge is 2.12. The van der Waals surface area contributed by atoms with Crippen LogP contribution in [0.2, 0.25) is 0 Å². The molecule has 0 fully saturated rings. The van der Waals surface area contributed by atoms with E-state index in [0.29, 0.717) is 5.69 Å². The Kier molecular flexibility index (Phi) is 2.17. The van der Waals surface area contributed by atoms with Gasteiger partial charge in [-0.05, 0) is 18.2 Å². The quantitative estimate of drug-likeness (QED) is 0.800. The lowest BCUT2D eigenvalue weighted by Crippen LogP contribution is -2.04. The fourth-order valence-electron chi connectivity index (χ4n) is 1.23. The SMILES string of the molecule is O=C(O)c1cc(F)ccc1-n1cnnc1. The van der Waals surface area contributed by atoms with Crippen molar-refractivity contribution in [3.8, 4) is 5.69 Å². The summed E-state index contributed by atoms with van der Waals surface area (Å²) >= 11 is 0. The Bertz CT molecular complexity index is 496. The van der Waals surface area contributed by atoms with E-state index in [-0.39, 0.29) is 5.56 Å². The van der Waals surface area contributed by atoms with Crippen molar-refractivity contribution in [2.45, 2.75) is 0 Å². The van der Waals surface area contributed by atoms with Gasteiger partial charge in [-0.15, -0.1) is 10.2 Å². The molecule has 0 atom stereocenters. The molecule has 5 nitrogen and oxygen atoms in total. The molecule has 0 aliphatic heterocycles. The van der Waals surface area contributed by atoms with E-state index in [1.165, 1.54) is 29.4 Å². The summed E-state index contributed by atoms with van der Waals surface area (Å²) in [6.45, 7) is 0. The molecule has 0 aliphatic rings. The highest BCUT2D eigenvalue weighted by Crippen LogP contribution is 2.15. The normalized spacial score (nSPS) is 10.2. The zero-order valence-corrected chi connectivity index (χ0v) is 7.46. The highest BCUT2D eigenvalue weighted by molar-refractivity contribution is 5.91. The summed E-state index contributed by atoms with van der Waals surface area (Å²) in [6, 6.07) is 3.50. The third-order valence-electron chi connectivity index (χ3n) is 1.89. The van der Waals surface area contributed by atoms with E-state index in [1.807, 2.05) is 0 Å². The summed E-state index contributed by atoms with van der Waals surface area (Å²) in [4.78, 5) is 10.8. The van der Waals surface area contributed by atoms with Crippen LogP contribution in [0, 0.1) is 5.82 Å². The van der Waals surface area contributed by atoms with Crippen molar-refractivity contribution >= 4 is 5.97 Å². The monoisotopic (exact) mass is 207 g/mol. The molecule has 1 aromatic carbocycles. The first-order chi connectivity index (χ1) is 7.18. The molecule has 0 saturated heterocycles. The van der Waals surface area contributed by atoms with Gasteiger partial charge >= 0.3 is 5.97 Å². The number of carboxylic acids is 1. The molecule has 1 heterocycles. The number of carboxylic acid groups (broad SMARTS) is 1. The van der Waals surface area contributed by atoms with Crippen molar-refractivity contribution in [2.75, 3.05) is 0 Å². The molecule has 1 aromatic heterocycles. The Labute approximate surface area is 83.8 Å². The van der Waals surface area contributed by atoms with Gasteiger partial charge in [0, 0.05) is 0 Å². The fourth-order valence-corrected chi connectivity index (χ4v) is 1.23. The standard InChI is InChI=1S/C9H6FN3O2/c10-6-1-2-8(7(3-6)9(14)15)13-4-11-12-5-13/h1-5H,(H,14,15). The average molecular weight is 207 g/mol. The minimum Gasteiger partial charge on any atom is -0.478 e. The van der Waals surface area contributed by atoms with Gasteiger partial charge in [-0.25, -0.2) is 9.18 Å². The molecular formula is C9H6FN3O2. The first kappa shape index (κ1) is 9.32.